The highest BCUT2D eigenvalue weighted by molar-refractivity contribution is 7.10. The summed E-state index contributed by atoms with van der Waals surface area (Å²) in [5, 5.41) is 4.73. The number of methoxy groups -OCH3 is 1. The maximum Gasteiger partial charge on any atom is 0.406 e. The molecule has 3 aromatic rings. The number of anilines is 2. The van der Waals surface area contributed by atoms with Crippen molar-refractivity contribution in [2.75, 3.05) is 43.6 Å². The Hall–Kier alpha value is -3.36. The van der Waals surface area contributed by atoms with E-state index in [1.165, 1.54) is 7.11 Å². The van der Waals surface area contributed by atoms with Crippen molar-refractivity contribution in [2.45, 2.75) is 19.1 Å². The summed E-state index contributed by atoms with van der Waals surface area (Å²) in [4.78, 5) is 29.8. The fourth-order valence-corrected chi connectivity index (χ4v) is 4.83. The molecule has 0 spiro atoms. The largest absolute Gasteiger partial charge is 0.453 e. The smallest absolute Gasteiger partial charge is 0.406 e. The van der Waals surface area contributed by atoms with Gasteiger partial charge in [0, 0.05) is 42.9 Å². The molecule has 4 rings (SSSR count). The molecule has 0 saturated carbocycles. The third-order valence-corrected chi connectivity index (χ3v) is 6.81. The minimum Gasteiger partial charge on any atom is -0.453 e. The van der Waals surface area contributed by atoms with Gasteiger partial charge in [0.15, 0.2) is 0 Å². The number of fused-ring (bicyclic) bond motifs is 1. The first-order chi connectivity index (χ1) is 16.6. The topological polar surface area (TPSA) is 71.1 Å². The Labute approximate surface area is 203 Å². The zero-order chi connectivity index (χ0) is 23.9. The van der Waals surface area contributed by atoms with Crippen LogP contribution in [0.15, 0.2) is 66.0 Å². The number of amides is 2. The molecular formula is C26H29N3O4S. The number of carbonyl (C=O) groups excluding carboxylic acids is 2. The summed E-state index contributed by atoms with van der Waals surface area (Å²) in [5.41, 5.74) is 3.50. The number of alkyl carbamates (subject to hydrolysis) is 1. The third-order valence-electron chi connectivity index (χ3n) is 5.85. The molecule has 1 aliphatic heterocycles. The Bertz CT molecular complexity index is 1120. The maximum absolute atomic E-state index is 13.3. The molecule has 0 bridgehead atoms. The Balaban J connectivity index is 1.46. The van der Waals surface area contributed by atoms with Crippen molar-refractivity contribution in [3.05, 3.63) is 82.0 Å². The van der Waals surface area contributed by atoms with E-state index < -0.39 is 6.09 Å². The first kappa shape index (κ1) is 23.8. The van der Waals surface area contributed by atoms with Crippen molar-refractivity contribution in [3.8, 4) is 0 Å². The average molecular weight is 480 g/mol. The van der Waals surface area contributed by atoms with Crippen molar-refractivity contribution in [1.29, 1.82) is 0 Å². The second-order valence-electron chi connectivity index (χ2n) is 8.09. The van der Waals surface area contributed by atoms with Crippen LogP contribution in [0.1, 0.15) is 33.3 Å². The summed E-state index contributed by atoms with van der Waals surface area (Å²) in [6.07, 6.45) is 0.0244. The van der Waals surface area contributed by atoms with Gasteiger partial charge in [-0.25, -0.2) is 4.79 Å². The predicted octanol–water partition coefficient (Wildman–Crippen LogP) is 4.85. The van der Waals surface area contributed by atoms with E-state index in [9.17, 15) is 9.59 Å². The molecule has 1 N–H and O–H groups in total. The molecule has 8 heteroatoms. The highest BCUT2D eigenvalue weighted by Crippen LogP contribution is 2.29. The number of carbonyl (C=O) groups is 2. The second-order valence-corrected chi connectivity index (χ2v) is 9.07. The molecule has 0 fully saturated rings. The Morgan fingerprint density at radius 2 is 1.97 bits per heavy atom. The van der Waals surface area contributed by atoms with Crippen LogP contribution >= 0.6 is 11.3 Å². The van der Waals surface area contributed by atoms with Crippen molar-refractivity contribution in [2.24, 2.45) is 0 Å². The molecule has 2 amide bonds. The molecule has 34 heavy (non-hydrogen) atoms. The van der Waals surface area contributed by atoms with Gasteiger partial charge in [-0.15, -0.1) is 11.3 Å². The standard InChI is InChI=1S/C26H29N3O4S/c1-28-14-15-29(25(30)21-9-3-4-10-22(21)28)20-8-5-7-19(17-20)18-33-23(24-11-6-16-34-24)12-13-27-26(31)32-2/h3-11,16-17,23H,12-15,18H2,1-2H3,(H,27,31). The predicted molar refractivity (Wildman–Crippen MR) is 135 cm³/mol. The second kappa shape index (κ2) is 11.2. The van der Waals surface area contributed by atoms with Crippen LogP contribution in [0.2, 0.25) is 0 Å². The quantitative estimate of drug-likeness (QED) is 0.500. The van der Waals surface area contributed by atoms with E-state index >= 15 is 0 Å². The number of benzene rings is 2. The summed E-state index contributed by atoms with van der Waals surface area (Å²) in [5.74, 6) is 0.00312. The minimum atomic E-state index is -0.452. The first-order valence-corrected chi connectivity index (χ1v) is 12.1. The van der Waals surface area contributed by atoms with E-state index in [1.54, 1.807) is 11.3 Å². The molecule has 1 aliphatic rings. The molecule has 2 aromatic carbocycles. The molecule has 1 aromatic heterocycles. The number of hydrogen-bond donors (Lipinski definition) is 1. The summed E-state index contributed by atoms with van der Waals surface area (Å²) in [6.45, 7) is 2.19. The molecule has 2 heterocycles. The SMILES string of the molecule is COC(=O)NCCC(OCc1cccc(N2CCN(C)c3ccccc3C2=O)c1)c1cccs1. The van der Waals surface area contributed by atoms with Crippen LogP contribution in [0.5, 0.6) is 0 Å². The molecular weight excluding hydrogens is 450 g/mol. The van der Waals surface area contributed by atoms with Crippen molar-refractivity contribution < 1.29 is 19.1 Å². The average Bonchev–Trinajstić information content (AvgIpc) is 3.37. The van der Waals surface area contributed by atoms with Crippen LogP contribution in [0.4, 0.5) is 16.2 Å². The van der Waals surface area contributed by atoms with Gasteiger partial charge in [0.2, 0.25) is 0 Å². The van der Waals surface area contributed by atoms with E-state index in [-0.39, 0.29) is 12.0 Å². The van der Waals surface area contributed by atoms with E-state index in [4.69, 9.17) is 4.74 Å². The van der Waals surface area contributed by atoms with Crippen LogP contribution in [-0.4, -0.2) is 45.8 Å². The lowest BCUT2D eigenvalue weighted by Gasteiger charge is -2.22. The van der Waals surface area contributed by atoms with Gasteiger partial charge in [0.05, 0.1) is 25.4 Å². The van der Waals surface area contributed by atoms with E-state index in [0.717, 1.165) is 28.4 Å². The summed E-state index contributed by atoms with van der Waals surface area (Å²) < 4.78 is 10.9. The molecule has 1 atom stereocenters. The summed E-state index contributed by atoms with van der Waals surface area (Å²) in [7, 11) is 3.36. The van der Waals surface area contributed by atoms with Gasteiger partial charge < -0.3 is 24.6 Å². The number of thiophene rings is 1. The Kier molecular flexibility index (Phi) is 7.82. The number of ether oxygens (including phenoxy) is 2. The normalized spacial score (nSPS) is 14.4. The minimum absolute atomic E-state index is 0.00312. The highest BCUT2D eigenvalue weighted by atomic mass is 32.1. The zero-order valence-corrected chi connectivity index (χ0v) is 20.2. The summed E-state index contributed by atoms with van der Waals surface area (Å²) in [6, 6.07) is 19.7. The van der Waals surface area contributed by atoms with Gasteiger partial charge in [-0.3, -0.25) is 4.79 Å². The van der Waals surface area contributed by atoms with Gasteiger partial charge in [0.1, 0.15) is 0 Å². The molecule has 1 unspecified atom stereocenters. The summed E-state index contributed by atoms with van der Waals surface area (Å²) >= 11 is 1.63. The molecule has 0 saturated heterocycles. The molecule has 178 valence electrons. The lowest BCUT2D eigenvalue weighted by molar-refractivity contribution is 0.0364. The van der Waals surface area contributed by atoms with Gasteiger partial charge in [-0.05, 0) is 47.7 Å². The maximum atomic E-state index is 13.3. The van der Waals surface area contributed by atoms with Crippen LogP contribution < -0.4 is 15.1 Å². The molecule has 0 aliphatic carbocycles. The van der Waals surface area contributed by atoms with Crippen LogP contribution in [0.25, 0.3) is 0 Å². The van der Waals surface area contributed by atoms with Gasteiger partial charge in [-0.1, -0.05) is 30.3 Å². The van der Waals surface area contributed by atoms with Gasteiger partial charge in [-0.2, -0.15) is 0 Å². The fraction of sp³-hybridized carbons (Fsp3) is 0.308. The van der Waals surface area contributed by atoms with Crippen LogP contribution in [0, 0.1) is 0 Å². The number of likely N-dealkylation sites (N-methyl/N-ethyl adjacent to an activating group) is 1. The van der Waals surface area contributed by atoms with Crippen molar-refractivity contribution in [1.82, 2.24) is 5.32 Å². The lowest BCUT2D eigenvalue weighted by Crippen LogP contribution is -2.33. The van der Waals surface area contributed by atoms with Gasteiger partial charge in [0.25, 0.3) is 5.91 Å². The molecule has 0 radical (unpaired) electrons. The number of nitrogens with zero attached hydrogens (tertiary/aromatic N) is 2. The van der Waals surface area contributed by atoms with Crippen LogP contribution in [0.3, 0.4) is 0 Å². The highest BCUT2D eigenvalue weighted by Gasteiger charge is 2.25. The molecule has 7 nitrogen and oxygen atoms in total. The number of rotatable bonds is 8. The number of nitrogens with one attached hydrogen (secondary N) is 1. The van der Waals surface area contributed by atoms with E-state index in [2.05, 4.69) is 15.0 Å². The van der Waals surface area contributed by atoms with E-state index in [1.807, 2.05) is 78.0 Å². The lowest BCUT2D eigenvalue weighted by atomic mass is 10.1. The third kappa shape index (κ3) is 5.58. The van der Waals surface area contributed by atoms with Crippen molar-refractivity contribution >= 4 is 34.7 Å². The Morgan fingerprint density at radius 3 is 2.76 bits per heavy atom. The first-order valence-electron chi connectivity index (χ1n) is 11.2. The van der Waals surface area contributed by atoms with Gasteiger partial charge >= 0.3 is 6.09 Å². The van der Waals surface area contributed by atoms with Crippen molar-refractivity contribution in [3.63, 3.8) is 0 Å². The van der Waals surface area contributed by atoms with Crippen LogP contribution in [-0.2, 0) is 16.1 Å². The number of hydrogen-bond acceptors (Lipinski definition) is 6. The fourth-order valence-electron chi connectivity index (χ4n) is 4.02. The Morgan fingerprint density at radius 1 is 1.12 bits per heavy atom. The van der Waals surface area contributed by atoms with E-state index in [0.29, 0.717) is 31.7 Å². The number of para-hydroxylation sites is 1. The monoisotopic (exact) mass is 479 g/mol. The zero-order valence-electron chi connectivity index (χ0n) is 19.4.